The maximum absolute atomic E-state index is 11.5. The molecule has 2 nitrogen and oxygen atoms in total. The minimum absolute atomic E-state index is 0. The summed E-state index contributed by atoms with van der Waals surface area (Å²) in [6, 6.07) is 3.79. The number of hydrogen-bond acceptors (Lipinski definition) is 2. The molecule has 1 aromatic rings. The summed E-state index contributed by atoms with van der Waals surface area (Å²) in [5.74, 6) is 0.0255. The van der Waals surface area contributed by atoms with Crippen molar-refractivity contribution in [2.75, 3.05) is 0 Å². The summed E-state index contributed by atoms with van der Waals surface area (Å²) in [5.41, 5.74) is 0. The predicted molar refractivity (Wildman–Crippen MR) is 36.1 cm³/mol. The maximum atomic E-state index is 11.5. The third kappa shape index (κ3) is 6.02. The summed E-state index contributed by atoms with van der Waals surface area (Å²) in [4.78, 5) is 3.52. The summed E-state index contributed by atoms with van der Waals surface area (Å²) in [6.45, 7) is -2.79. The Balaban J connectivity index is 0. The monoisotopic (exact) mass is 198 g/mol. The van der Waals surface area contributed by atoms with Crippen LogP contribution in [0.4, 0.5) is 8.78 Å². The largest absolute Gasteiger partial charge is 1.00 e. The van der Waals surface area contributed by atoms with Gasteiger partial charge in [-0.2, -0.15) is 14.8 Å². The van der Waals surface area contributed by atoms with Crippen molar-refractivity contribution in [3.05, 3.63) is 32.0 Å². The van der Waals surface area contributed by atoms with Crippen molar-refractivity contribution in [1.29, 1.82) is 0 Å². The van der Waals surface area contributed by atoms with E-state index in [0.29, 0.717) is 0 Å². The second-order valence-corrected chi connectivity index (χ2v) is 1.50. The summed E-state index contributed by atoms with van der Waals surface area (Å²) < 4.78 is 26.9. The zero-order valence-electron chi connectivity index (χ0n) is 6.92. The van der Waals surface area contributed by atoms with Gasteiger partial charge in [0.05, 0.1) is 0 Å². The van der Waals surface area contributed by atoms with Crippen LogP contribution in [-0.4, -0.2) is 11.6 Å². The van der Waals surface area contributed by atoms with E-state index < -0.39 is 6.61 Å². The molecule has 0 aliphatic rings. The van der Waals surface area contributed by atoms with Gasteiger partial charge in [0.15, 0.2) is 0 Å². The first-order valence-electron chi connectivity index (χ1n) is 2.55. The number of ether oxygens (including phenoxy) is 1. The summed E-state index contributed by atoms with van der Waals surface area (Å²) >= 11 is 0. The molecule has 0 amide bonds. The Bertz CT molecular complexity index is 196. The van der Waals surface area contributed by atoms with Gasteiger partial charge in [-0.25, -0.2) is 6.07 Å². The van der Waals surface area contributed by atoms with E-state index in [1.165, 1.54) is 18.5 Å². The van der Waals surface area contributed by atoms with Crippen LogP contribution in [0.25, 0.3) is 0 Å². The fraction of sp³-hybridized carbons (Fsp3) is 0.143. The van der Waals surface area contributed by atoms with Crippen LogP contribution in [-0.2, 0) is 0 Å². The Hall–Kier alpha value is 0.446. The molecule has 62 valence electrons. The Morgan fingerprint density at radius 2 is 2.17 bits per heavy atom. The molecule has 1 heterocycles. The Labute approximate surface area is 113 Å². The smallest absolute Gasteiger partial charge is 0.527 e. The minimum Gasteiger partial charge on any atom is -0.527 e. The molecular weight excluding hydrogens is 191 g/mol. The van der Waals surface area contributed by atoms with Crippen molar-refractivity contribution in [3.8, 4) is 5.75 Å². The number of halogens is 2. The topological polar surface area (TPSA) is 22.1 Å². The van der Waals surface area contributed by atoms with E-state index in [4.69, 9.17) is 0 Å². The van der Waals surface area contributed by atoms with Gasteiger partial charge in [0.1, 0.15) is 0 Å². The number of nitrogens with zero attached hydrogens (tertiary/aromatic N) is 1. The molecular formula is C7H7F2KNO-. The van der Waals surface area contributed by atoms with E-state index in [1.807, 2.05) is 0 Å². The van der Waals surface area contributed by atoms with Crippen molar-refractivity contribution < 1.29 is 64.9 Å². The third-order valence-corrected chi connectivity index (χ3v) is 0.802. The molecule has 0 spiro atoms. The summed E-state index contributed by atoms with van der Waals surface area (Å²) in [7, 11) is 0. The molecule has 0 aliphatic carbocycles. The number of pyridine rings is 1. The Kier molecular flexibility index (Phi) is 10.0. The van der Waals surface area contributed by atoms with E-state index >= 15 is 0 Å². The molecule has 0 saturated carbocycles. The van der Waals surface area contributed by atoms with Gasteiger partial charge in [-0.15, -0.1) is 0 Å². The molecule has 0 aromatic carbocycles. The molecule has 0 saturated heterocycles. The Morgan fingerprint density at radius 1 is 1.50 bits per heavy atom. The van der Waals surface area contributed by atoms with E-state index in [1.54, 1.807) is 0 Å². The standard InChI is InChI=1S/C6H4F2NO.CH3.K/c7-6(8)10-5-2-1-3-9-4-5;;/h2-4,6H;1H3;/q2*-1;+1. The average molecular weight is 198 g/mol. The number of hydrogen-bond donors (Lipinski definition) is 0. The van der Waals surface area contributed by atoms with E-state index in [-0.39, 0.29) is 64.6 Å². The van der Waals surface area contributed by atoms with Gasteiger partial charge in [0.25, 0.3) is 0 Å². The Morgan fingerprint density at radius 3 is 2.58 bits per heavy atom. The van der Waals surface area contributed by atoms with Gasteiger partial charge in [-0.3, -0.25) is 0 Å². The first kappa shape index (κ1) is 14.9. The van der Waals surface area contributed by atoms with Crippen molar-refractivity contribution in [3.63, 3.8) is 0 Å². The number of alkyl halides is 2. The van der Waals surface area contributed by atoms with Crippen LogP contribution in [0, 0.1) is 13.5 Å². The molecule has 0 aliphatic heterocycles. The molecule has 12 heavy (non-hydrogen) atoms. The molecule has 0 N–H and O–H groups in total. The van der Waals surface area contributed by atoms with Gasteiger partial charge in [-0.05, 0) is 11.9 Å². The molecule has 0 unspecified atom stereocenters. The molecule has 1 aromatic heterocycles. The number of rotatable bonds is 2. The quantitative estimate of drug-likeness (QED) is 0.446. The van der Waals surface area contributed by atoms with Crippen molar-refractivity contribution in [1.82, 2.24) is 4.98 Å². The molecule has 5 heteroatoms. The van der Waals surface area contributed by atoms with Crippen molar-refractivity contribution in [2.45, 2.75) is 6.61 Å². The molecule has 0 radical (unpaired) electrons. The summed E-state index contributed by atoms with van der Waals surface area (Å²) in [6.07, 6.45) is 2.56. The molecule has 1 rings (SSSR count). The van der Waals surface area contributed by atoms with Crippen molar-refractivity contribution in [2.24, 2.45) is 0 Å². The van der Waals surface area contributed by atoms with Gasteiger partial charge in [0.2, 0.25) is 0 Å². The fourth-order valence-corrected chi connectivity index (χ4v) is 0.478. The second kappa shape index (κ2) is 8.06. The maximum Gasteiger partial charge on any atom is 1.00 e. The van der Waals surface area contributed by atoms with E-state index in [0.717, 1.165) is 0 Å². The third-order valence-electron chi connectivity index (χ3n) is 0.802. The van der Waals surface area contributed by atoms with E-state index in [9.17, 15) is 8.78 Å². The van der Waals surface area contributed by atoms with Crippen LogP contribution >= 0.6 is 0 Å². The SMILES string of the molecule is FC(F)Oc1c[c-]cnc1.[CH3-].[K+]. The second-order valence-electron chi connectivity index (χ2n) is 1.50. The van der Waals surface area contributed by atoms with Gasteiger partial charge >= 0.3 is 58.0 Å². The van der Waals surface area contributed by atoms with Crippen LogP contribution in [0.3, 0.4) is 0 Å². The zero-order chi connectivity index (χ0) is 7.40. The van der Waals surface area contributed by atoms with Crippen LogP contribution in [0.5, 0.6) is 5.75 Å². The van der Waals surface area contributed by atoms with Crippen LogP contribution in [0.15, 0.2) is 18.5 Å². The van der Waals surface area contributed by atoms with Crippen LogP contribution in [0.2, 0.25) is 0 Å². The fourth-order valence-electron chi connectivity index (χ4n) is 0.478. The predicted octanol–water partition coefficient (Wildman–Crippen LogP) is -1.06. The zero-order valence-corrected chi connectivity index (χ0v) is 10.0. The first-order valence-corrected chi connectivity index (χ1v) is 2.55. The minimum atomic E-state index is -2.79. The first-order chi connectivity index (χ1) is 4.79. The normalized spacial score (nSPS) is 8.25. The molecule has 0 fully saturated rings. The van der Waals surface area contributed by atoms with Gasteiger partial charge in [0, 0.05) is 0 Å². The number of aromatic nitrogens is 1. The van der Waals surface area contributed by atoms with Gasteiger partial charge < -0.3 is 17.1 Å². The average Bonchev–Trinajstić information content (AvgIpc) is 1.88. The van der Waals surface area contributed by atoms with Crippen molar-refractivity contribution >= 4 is 0 Å². The van der Waals surface area contributed by atoms with Gasteiger partial charge in [-0.1, -0.05) is 6.20 Å². The van der Waals surface area contributed by atoms with Crippen LogP contribution in [0.1, 0.15) is 0 Å². The van der Waals surface area contributed by atoms with E-state index in [2.05, 4.69) is 15.8 Å². The molecule has 0 bridgehead atoms. The van der Waals surface area contributed by atoms with Crippen LogP contribution < -0.4 is 56.1 Å². The molecule has 0 atom stereocenters. The summed E-state index contributed by atoms with van der Waals surface area (Å²) in [5, 5.41) is 0.